The average molecular weight is 229 g/mol. The first-order valence-corrected chi connectivity index (χ1v) is 6.05. The molecule has 0 radical (unpaired) electrons. The molecular weight excluding hydrogens is 214 g/mol. The van der Waals surface area contributed by atoms with Gasteiger partial charge in [0.25, 0.3) is 5.91 Å². The van der Waals surface area contributed by atoms with Gasteiger partial charge in [-0.15, -0.1) is 0 Å². The number of sulfonamides is 1. The Morgan fingerprint density at radius 3 is 2.33 bits per heavy atom. The van der Waals surface area contributed by atoms with E-state index < -0.39 is 20.7 Å². The van der Waals surface area contributed by atoms with Crippen molar-refractivity contribution in [1.82, 2.24) is 4.31 Å². The van der Waals surface area contributed by atoms with E-state index in [1.165, 1.54) is 6.08 Å². The molecule has 0 aromatic rings. The van der Waals surface area contributed by atoms with Crippen molar-refractivity contribution in [1.29, 1.82) is 0 Å². The molecule has 1 heterocycles. The summed E-state index contributed by atoms with van der Waals surface area (Å²) >= 11 is 0. The highest BCUT2D eigenvalue weighted by atomic mass is 32.2. The van der Waals surface area contributed by atoms with Crippen molar-refractivity contribution < 1.29 is 13.2 Å². The van der Waals surface area contributed by atoms with Gasteiger partial charge < -0.3 is 0 Å². The quantitative estimate of drug-likeness (QED) is 0.711. The minimum Gasteiger partial charge on any atom is -0.268 e. The largest absolute Gasteiger partial charge is 0.268 e. The van der Waals surface area contributed by atoms with E-state index in [0.717, 1.165) is 4.31 Å². The fourth-order valence-corrected chi connectivity index (χ4v) is 2.46. The van der Waals surface area contributed by atoms with Gasteiger partial charge in [0.05, 0.1) is 11.3 Å². The van der Waals surface area contributed by atoms with Crippen LogP contribution in [-0.4, -0.2) is 29.9 Å². The Labute approximate surface area is 90.3 Å². The Kier molecular flexibility index (Phi) is 2.78. The van der Waals surface area contributed by atoms with Crippen molar-refractivity contribution in [2.75, 3.05) is 6.54 Å². The van der Waals surface area contributed by atoms with Crippen molar-refractivity contribution in [3.8, 4) is 0 Å². The van der Waals surface area contributed by atoms with Gasteiger partial charge in [0.1, 0.15) is 0 Å². The number of carbonyl (C=O) groups excluding carboxylic acids is 1. The molecule has 0 fully saturated rings. The SMILES string of the molecule is C=CC1=CCN(S(=O)(=O)C(C)(C)C)C1=O. The predicted octanol–water partition coefficient (Wildman–Crippen LogP) is 1.07. The summed E-state index contributed by atoms with van der Waals surface area (Å²) in [6, 6.07) is 0. The zero-order chi connectivity index (χ0) is 11.9. The molecule has 15 heavy (non-hydrogen) atoms. The van der Waals surface area contributed by atoms with Crippen LogP contribution < -0.4 is 0 Å². The van der Waals surface area contributed by atoms with Gasteiger partial charge in [0.15, 0.2) is 0 Å². The molecular formula is C10H15NO3S. The molecule has 1 rings (SSSR count). The topological polar surface area (TPSA) is 54.5 Å². The van der Waals surface area contributed by atoms with E-state index in [0.29, 0.717) is 5.57 Å². The maximum atomic E-state index is 12.0. The van der Waals surface area contributed by atoms with Crippen LogP contribution in [0.2, 0.25) is 0 Å². The summed E-state index contributed by atoms with van der Waals surface area (Å²) in [6.07, 6.45) is 2.94. The van der Waals surface area contributed by atoms with Crippen LogP contribution in [-0.2, 0) is 14.8 Å². The summed E-state index contributed by atoms with van der Waals surface area (Å²) in [4.78, 5) is 11.6. The number of hydrogen-bond donors (Lipinski definition) is 0. The first-order chi connectivity index (χ1) is 6.71. The molecule has 1 aliphatic heterocycles. The van der Waals surface area contributed by atoms with E-state index >= 15 is 0 Å². The van der Waals surface area contributed by atoms with Gasteiger partial charge in [-0.3, -0.25) is 4.79 Å². The second-order valence-corrected chi connectivity index (χ2v) is 6.93. The summed E-state index contributed by atoms with van der Waals surface area (Å²) < 4.78 is 23.9. The number of hydrogen-bond acceptors (Lipinski definition) is 3. The Morgan fingerprint density at radius 1 is 1.47 bits per heavy atom. The molecule has 0 aliphatic carbocycles. The summed E-state index contributed by atoms with van der Waals surface area (Å²) in [7, 11) is -3.58. The summed E-state index contributed by atoms with van der Waals surface area (Å²) in [5.74, 6) is -0.486. The highest BCUT2D eigenvalue weighted by molar-refractivity contribution is 7.91. The third kappa shape index (κ3) is 1.84. The smallest absolute Gasteiger partial charge is 0.267 e. The van der Waals surface area contributed by atoms with Gasteiger partial charge in [-0.2, -0.15) is 0 Å². The second-order valence-electron chi connectivity index (χ2n) is 4.32. The van der Waals surface area contributed by atoms with Crippen LogP contribution in [0.5, 0.6) is 0 Å². The second kappa shape index (κ2) is 3.48. The van der Waals surface area contributed by atoms with Gasteiger partial charge in [0.2, 0.25) is 10.0 Å². The lowest BCUT2D eigenvalue weighted by Crippen LogP contribution is -2.44. The van der Waals surface area contributed by atoms with Crippen LogP contribution in [0.15, 0.2) is 24.3 Å². The molecule has 0 spiro atoms. The Balaban J connectivity index is 3.07. The summed E-state index contributed by atoms with van der Waals surface area (Å²) in [5.41, 5.74) is 0.350. The van der Waals surface area contributed by atoms with E-state index in [-0.39, 0.29) is 6.54 Å². The van der Waals surface area contributed by atoms with Gasteiger partial charge >= 0.3 is 0 Å². The number of carbonyl (C=O) groups is 1. The van der Waals surface area contributed by atoms with Gasteiger partial charge in [-0.05, 0) is 20.8 Å². The molecule has 1 aliphatic rings. The summed E-state index contributed by atoms with van der Waals surface area (Å²) in [5, 5.41) is 0. The molecule has 0 aromatic heterocycles. The molecule has 1 amide bonds. The zero-order valence-corrected chi connectivity index (χ0v) is 9.97. The standard InChI is InChI=1S/C10H15NO3S/c1-5-8-6-7-11(9(8)12)15(13,14)10(2,3)4/h5-6H,1,7H2,2-4H3. The maximum absolute atomic E-state index is 12.0. The lowest BCUT2D eigenvalue weighted by molar-refractivity contribution is -0.121. The van der Waals surface area contributed by atoms with Gasteiger partial charge in [-0.1, -0.05) is 18.7 Å². The molecule has 4 nitrogen and oxygen atoms in total. The molecule has 0 N–H and O–H groups in total. The lowest BCUT2D eigenvalue weighted by Gasteiger charge is -2.26. The molecule has 0 atom stereocenters. The maximum Gasteiger partial charge on any atom is 0.267 e. The minimum atomic E-state index is -3.58. The monoisotopic (exact) mass is 229 g/mol. The van der Waals surface area contributed by atoms with Crippen LogP contribution in [0, 0.1) is 0 Å². The van der Waals surface area contributed by atoms with Crippen molar-refractivity contribution in [2.24, 2.45) is 0 Å². The third-order valence-electron chi connectivity index (χ3n) is 2.23. The fraction of sp³-hybridized carbons (Fsp3) is 0.500. The van der Waals surface area contributed by atoms with Crippen LogP contribution in [0.25, 0.3) is 0 Å². The Bertz CT molecular complexity index is 426. The highest BCUT2D eigenvalue weighted by Crippen LogP contribution is 2.25. The normalized spacial score (nSPS) is 17.9. The fourth-order valence-electron chi connectivity index (χ4n) is 1.20. The van der Waals surface area contributed by atoms with Gasteiger partial charge in [0, 0.05) is 5.57 Å². The Hall–Kier alpha value is -1.10. The average Bonchev–Trinajstić information content (AvgIpc) is 2.44. The predicted molar refractivity (Wildman–Crippen MR) is 58.7 cm³/mol. The van der Waals surface area contributed by atoms with E-state index in [1.807, 2.05) is 0 Å². The molecule has 0 aromatic carbocycles. The lowest BCUT2D eigenvalue weighted by atomic mass is 10.3. The molecule has 5 heteroatoms. The van der Waals surface area contributed by atoms with Crippen molar-refractivity contribution in [3.63, 3.8) is 0 Å². The number of nitrogens with zero attached hydrogens (tertiary/aromatic N) is 1. The van der Waals surface area contributed by atoms with Crippen molar-refractivity contribution >= 4 is 15.9 Å². The third-order valence-corrected chi connectivity index (χ3v) is 4.68. The molecule has 0 saturated heterocycles. The number of rotatable bonds is 2. The van der Waals surface area contributed by atoms with Crippen LogP contribution in [0.1, 0.15) is 20.8 Å². The molecule has 0 bridgehead atoms. The molecule has 0 saturated carbocycles. The van der Waals surface area contributed by atoms with Crippen LogP contribution in [0.4, 0.5) is 0 Å². The summed E-state index contributed by atoms with van der Waals surface area (Å²) in [6.45, 7) is 8.28. The van der Waals surface area contributed by atoms with E-state index in [9.17, 15) is 13.2 Å². The van der Waals surface area contributed by atoms with Crippen LogP contribution in [0.3, 0.4) is 0 Å². The van der Waals surface area contributed by atoms with Gasteiger partial charge in [-0.25, -0.2) is 12.7 Å². The van der Waals surface area contributed by atoms with E-state index in [2.05, 4.69) is 6.58 Å². The van der Waals surface area contributed by atoms with E-state index in [1.54, 1.807) is 26.8 Å². The van der Waals surface area contributed by atoms with Crippen LogP contribution >= 0.6 is 0 Å². The molecule has 84 valence electrons. The number of amides is 1. The van der Waals surface area contributed by atoms with Crippen molar-refractivity contribution in [3.05, 3.63) is 24.3 Å². The van der Waals surface area contributed by atoms with E-state index in [4.69, 9.17) is 0 Å². The first kappa shape index (κ1) is 12.0. The molecule has 0 unspecified atom stereocenters. The first-order valence-electron chi connectivity index (χ1n) is 4.61. The minimum absolute atomic E-state index is 0.111. The zero-order valence-electron chi connectivity index (χ0n) is 9.15. The van der Waals surface area contributed by atoms with Crippen molar-refractivity contribution in [2.45, 2.75) is 25.5 Å². The Morgan fingerprint density at radius 2 is 2.00 bits per heavy atom. The highest BCUT2D eigenvalue weighted by Gasteiger charge is 2.40.